The molecule has 3 aromatic carbocycles. The third-order valence-corrected chi connectivity index (χ3v) is 8.04. The van der Waals surface area contributed by atoms with E-state index in [-0.39, 0.29) is 29.7 Å². The minimum atomic E-state index is -4.65. The van der Waals surface area contributed by atoms with Crippen LogP contribution in [0.4, 0.5) is 10.5 Å². The van der Waals surface area contributed by atoms with Gasteiger partial charge in [-0.05, 0) is 52.8 Å². The van der Waals surface area contributed by atoms with E-state index in [1.54, 1.807) is 13.8 Å². The SMILES string of the molecule is CC(NC(=O)[C@@H](NC(=O)OCC1c2ccccc2-c2ccccc21)C(C)C)C(=O)Nc1ccc(CO)c(S(=O)(=O)O)c1. The molecule has 3 aromatic rings. The van der Waals surface area contributed by atoms with E-state index in [4.69, 9.17) is 4.74 Å². The molecule has 0 fully saturated rings. The van der Waals surface area contributed by atoms with Crippen LogP contribution in [0.2, 0.25) is 0 Å². The number of amides is 3. The predicted molar refractivity (Wildman–Crippen MR) is 155 cm³/mol. The number of ether oxygens (including phenoxy) is 1. The number of alkyl carbamates (subject to hydrolysis) is 1. The summed E-state index contributed by atoms with van der Waals surface area (Å²) in [5.41, 5.74) is 4.28. The lowest BCUT2D eigenvalue weighted by molar-refractivity contribution is -0.128. The van der Waals surface area contributed by atoms with Crippen LogP contribution in [0, 0.1) is 5.92 Å². The number of aliphatic hydroxyl groups excluding tert-OH is 1. The van der Waals surface area contributed by atoms with E-state index in [1.165, 1.54) is 19.1 Å². The molecule has 3 amide bonds. The molecule has 0 spiro atoms. The predicted octanol–water partition coefficient (Wildman–Crippen LogP) is 3.43. The molecular formula is C30H33N3O8S. The molecule has 222 valence electrons. The second kappa shape index (κ2) is 12.7. The number of aliphatic hydroxyl groups is 1. The van der Waals surface area contributed by atoms with Crippen LogP contribution in [0.15, 0.2) is 71.6 Å². The molecule has 1 unspecified atom stereocenters. The molecule has 12 heteroatoms. The Labute approximate surface area is 244 Å². The minimum Gasteiger partial charge on any atom is -0.449 e. The Morgan fingerprint density at radius 2 is 1.48 bits per heavy atom. The van der Waals surface area contributed by atoms with Gasteiger partial charge >= 0.3 is 6.09 Å². The highest BCUT2D eigenvalue weighted by Gasteiger charge is 2.31. The summed E-state index contributed by atoms with van der Waals surface area (Å²) in [5.74, 6) is -1.78. The lowest BCUT2D eigenvalue weighted by Gasteiger charge is -2.24. The Bertz CT molecular complexity index is 1560. The van der Waals surface area contributed by atoms with Crippen molar-refractivity contribution in [2.24, 2.45) is 5.92 Å². The zero-order chi connectivity index (χ0) is 30.6. The largest absolute Gasteiger partial charge is 0.449 e. The normalized spacial score (nSPS) is 14.0. The summed E-state index contributed by atoms with van der Waals surface area (Å²) >= 11 is 0. The summed E-state index contributed by atoms with van der Waals surface area (Å²) in [6.45, 7) is 4.33. The maximum atomic E-state index is 13.0. The summed E-state index contributed by atoms with van der Waals surface area (Å²) < 4.78 is 38.2. The average molecular weight is 596 g/mol. The quantitative estimate of drug-likeness (QED) is 0.222. The number of hydrogen-bond acceptors (Lipinski definition) is 7. The van der Waals surface area contributed by atoms with Gasteiger partial charge in [-0.25, -0.2) is 4.79 Å². The van der Waals surface area contributed by atoms with Crippen LogP contribution >= 0.6 is 0 Å². The number of hydrogen-bond donors (Lipinski definition) is 5. The Morgan fingerprint density at radius 3 is 2.02 bits per heavy atom. The second-order valence-electron chi connectivity index (χ2n) is 10.4. The van der Waals surface area contributed by atoms with Crippen molar-refractivity contribution in [1.29, 1.82) is 0 Å². The van der Waals surface area contributed by atoms with E-state index < -0.39 is 51.6 Å². The first-order valence-corrected chi connectivity index (χ1v) is 14.8. The Balaban J connectivity index is 1.36. The van der Waals surface area contributed by atoms with Gasteiger partial charge in [0, 0.05) is 11.6 Å². The molecule has 5 N–H and O–H groups in total. The molecule has 0 radical (unpaired) electrons. The topological polar surface area (TPSA) is 171 Å². The van der Waals surface area contributed by atoms with E-state index >= 15 is 0 Å². The highest BCUT2D eigenvalue weighted by molar-refractivity contribution is 7.85. The van der Waals surface area contributed by atoms with Gasteiger partial charge in [0.25, 0.3) is 10.1 Å². The van der Waals surface area contributed by atoms with E-state index in [2.05, 4.69) is 16.0 Å². The Kier molecular flexibility index (Phi) is 9.30. The molecule has 0 aliphatic heterocycles. The van der Waals surface area contributed by atoms with Gasteiger partial charge in [0.15, 0.2) is 0 Å². The van der Waals surface area contributed by atoms with Gasteiger partial charge in [0.05, 0.1) is 6.61 Å². The van der Waals surface area contributed by atoms with Crippen LogP contribution in [0.5, 0.6) is 0 Å². The number of carbonyl (C=O) groups excluding carboxylic acids is 3. The molecule has 0 saturated heterocycles. The summed E-state index contributed by atoms with van der Waals surface area (Å²) in [6, 6.07) is 17.4. The molecule has 0 saturated carbocycles. The molecule has 1 aliphatic rings. The van der Waals surface area contributed by atoms with Crippen molar-refractivity contribution in [3.8, 4) is 11.1 Å². The van der Waals surface area contributed by atoms with E-state index in [1.807, 2.05) is 48.5 Å². The fourth-order valence-corrected chi connectivity index (χ4v) is 5.66. The third kappa shape index (κ3) is 6.78. The third-order valence-electron chi connectivity index (χ3n) is 7.10. The lowest BCUT2D eigenvalue weighted by atomic mass is 9.98. The van der Waals surface area contributed by atoms with E-state index in [0.717, 1.165) is 28.3 Å². The van der Waals surface area contributed by atoms with Crippen molar-refractivity contribution in [2.75, 3.05) is 11.9 Å². The van der Waals surface area contributed by atoms with Crippen molar-refractivity contribution in [3.63, 3.8) is 0 Å². The molecule has 0 aromatic heterocycles. The van der Waals surface area contributed by atoms with Gasteiger partial charge in [0.1, 0.15) is 23.6 Å². The molecule has 4 rings (SSSR count). The maximum Gasteiger partial charge on any atom is 0.407 e. The van der Waals surface area contributed by atoms with E-state index in [0.29, 0.717) is 0 Å². The van der Waals surface area contributed by atoms with E-state index in [9.17, 15) is 32.5 Å². The minimum absolute atomic E-state index is 0.0306. The molecule has 42 heavy (non-hydrogen) atoms. The van der Waals surface area contributed by atoms with Crippen LogP contribution in [-0.2, 0) is 31.1 Å². The zero-order valence-electron chi connectivity index (χ0n) is 23.3. The van der Waals surface area contributed by atoms with Crippen molar-refractivity contribution in [3.05, 3.63) is 83.4 Å². The van der Waals surface area contributed by atoms with Crippen molar-refractivity contribution in [1.82, 2.24) is 10.6 Å². The summed E-state index contributed by atoms with van der Waals surface area (Å²) in [6.07, 6.45) is -0.774. The van der Waals surface area contributed by atoms with Crippen molar-refractivity contribution >= 4 is 33.7 Å². The van der Waals surface area contributed by atoms with Crippen LogP contribution in [0.25, 0.3) is 11.1 Å². The molecule has 1 aliphatic carbocycles. The fraction of sp³-hybridized carbons (Fsp3) is 0.300. The van der Waals surface area contributed by atoms with Crippen molar-refractivity contribution in [2.45, 2.75) is 50.3 Å². The highest BCUT2D eigenvalue weighted by atomic mass is 32.2. The number of fused-ring (bicyclic) bond motifs is 3. The highest BCUT2D eigenvalue weighted by Crippen LogP contribution is 2.44. The van der Waals surface area contributed by atoms with Gasteiger partial charge in [-0.1, -0.05) is 68.4 Å². The van der Waals surface area contributed by atoms with Crippen LogP contribution in [-0.4, -0.2) is 54.7 Å². The number of rotatable bonds is 10. The summed E-state index contributed by atoms with van der Waals surface area (Å²) in [7, 11) is -4.65. The van der Waals surface area contributed by atoms with Gasteiger partial charge in [-0.3, -0.25) is 14.1 Å². The first-order valence-electron chi connectivity index (χ1n) is 13.3. The number of anilines is 1. The average Bonchev–Trinajstić information content (AvgIpc) is 3.27. The van der Waals surface area contributed by atoms with Gasteiger partial charge in [-0.2, -0.15) is 8.42 Å². The zero-order valence-corrected chi connectivity index (χ0v) is 24.1. The van der Waals surface area contributed by atoms with Crippen LogP contribution < -0.4 is 16.0 Å². The molecular weight excluding hydrogens is 562 g/mol. The first kappa shape index (κ1) is 30.7. The van der Waals surface area contributed by atoms with Gasteiger partial charge in [0.2, 0.25) is 11.8 Å². The van der Waals surface area contributed by atoms with Gasteiger partial charge in [-0.15, -0.1) is 0 Å². The monoisotopic (exact) mass is 595 g/mol. The molecule has 2 atom stereocenters. The number of nitrogens with one attached hydrogen (secondary N) is 3. The number of carbonyl (C=O) groups is 3. The number of benzene rings is 3. The Morgan fingerprint density at radius 1 is 0.881 bits per heavy atom. The van der Waals surface area contributed by atoms with Crippen LogP contribution in [0.3, 0.4) is 0 Å². The van der Waals surface area contributed by atoms with Crippen molar-refractivity contribution < 1.29 is 37.2 Å². The van der Waals surface area contributed by atoms with Crippen LogP contribution in [0.1, 0.15) is 43.4 Å². The summed E-state index contributed by atoms with van der Waals surface area (Å²) in [5, 5.41) is 16.9. The maximum absolute atomic E-state index is 13.0. The summed E-state index contributed by atoms with van der Waals surface area (Å²) in [4.78, 5) is 38.0. The lowest BCUT2D eigenvalue weighted by Crippen LogP contribution is -2.53. The molecule has 0 bridgehead atoms. The van der Waals surface area contributed by atoms with Gasteiger partial charge < -0.3 is 25.8 Å². The smallest absolute Gasteiger partial charge is 0.407 e. The molecule has 11 nitrogen and oxygen atoms in total. The standard InChI is InChI=1S/C30H33N3O8S/c1-17(2)27(29(36)31-18(3)28(35)32-20-13-12-19(15-34)26(14-20)42(38,39)40)33-30(37)41-16-25-23-10-6-4-8-21(23)22-9-5-7-11-24(22)25/h4-14,17-18,25,27,34H,15-16H2,1-3H3,(H,31,36)(H,32,35)(H,33,37)(H,38,39,40)/t18?,27-/m0/s1. The fourth-order valence-electron chi connectivity index (χ4n) is 4.92. The second-order valence-corrected chi connectivity index (χ2v) is 11.8. The molecule has 0 heterocycles. The Hall–Kier alpha value is -4.26. The first-order chi connectivity index (χ1) is 19.9.